The molecule has 0 radical (unpaired) electrons. The fraction of sp³-hybridized carbons (Fsp3) is 0.786. The Morgan fingerprint density at radius 2 is 1.84 bits per heavy atom. The minimum atomic E-state index is 0.168. The van der Waals surface area contributed by atoms with Crippen LogP contribution in [0.15, 0.2) is 0 Å². The van der Waals surface area contributed by atoms with Crippen molar-refractivity contribution >= 4 is 43.5 Å². The summed E-state index contributed by atoms with van der Waals surface area (Å²) in [5, 5.41) is 7.38. The maximum atomic E-state index is 6.52. The summed E-state index contributed by atoms with van der Waals surface area (Å²) < 4.78 is 2.06. The first-order chi connectivity index (χ1) is 8.95. The van der Waals surface area contributed by atoms with Crippen molar-refractivity contribution in [1.82, 2.24) is 9.78 Å². The molecule has 0 fully saturated rings. The van der Waals surface area contributed by atoms with Gasteiger partial charge in [0.25, 0.3) is 0 Å². The third kappa shape index (κ3) is 3.56. The second kappa shape index (κ2) is 7.46. The Morgan fingerprint density at radius 3 is 2.21 bits per heavy atom. The van der Waals surface area contributed by atoms with Crippen molar-refractivity contribution < 1.29 is 0 Å². The number of aromatic nitrogens is 2. The van der Waals surface area contributed by atoms with E-state index in [4.69, 9.17) is 11.6 Å². The lowest BCUT2D eigenvalue weighted by Crippen LogP contribution is -2.34. The van der Waals surface area contributed by atoms with E-state index in [0.29, 0.717) is 5.92 Å². The Bertz CT molecular complexity index is 412. The van der Waals surface area contributed by atoms with Crippen LogP contribution in [0.3, 0.4) is 0 Å². The lowest BCUT2D eigenvalue weighted by Gasteiger charge is -2.34. The van der Waals surface area contributed by atoms with Crippen LogP contribution in [0, 0.1) is 11.3 Å². The van der Waals surface area contributed by atoms with Crippen LogP contribution in [0.2, 0.25) is 5.02 Å². The summed E-state index contributed by atoms with van der Waals surface area (Å²) in [6.45, 7) is 9.62. The molecule has 19 heavy (non-hydrogen) atoms. The quantitative estimate of drug-likeness (QED) is 0.568. The average molecular weight is 415 g/mol. The molecule has 2 nitrogen and oxygen atoms in total. The van der Waals surface area contributed by atoms with Crippen LogP contribution in [0.5, 0.6) is 0 Å². The second-order valence-corrected chi connectivity index (χ2v) is 6.84. The van der Waals surface area contributed by atoms with E-state index in [1.165, 1.54) is 5.69 Å². The van der Waals surface area contributed by atoms with Crippen molar-refractivity contribution in [2.24, 2.45) is 11.3 Å². The number of alkyl halides is 2. The van der Waals surface area contributed by atoms with Gasteiger partial charge in [-0.1, -0.05) is 64.2 Å². The molecule has 0 N–H and O–H groups in total. The van der Waals surface area contributed by atoms with Crippen molar-refractivity contribution in [2.45, 2.75) is 47.1 Å². The number of hydrogen-bond donors (Lipinski definition) is 0. The van der Waals surface area contributed by atoms with Gasteiger partial charge in [-0.25, -0.2) is 0 Å². The standard InChI is InChI=1S/C14H23Br2ClN2/c1-5-11-13(17)12(19(6-2)18-11)7-14(8-15,9-16)10(3)4/h10H,5-9H2,1-4H3. The molecule has 1 aromatic heterocycles. The highest BCUT2D eigenvalue weighted by Gasteiger charge is 2.34. The molecule has 1 rings (SSSR count). The van der Waals surface area contributed by atoms with Gasteiger partial charge in [-0.2, -0.15) is 5.10 Å². The van der Waals surface area contributed by atoms with Crippen molar-refractivity contribution in [3.8, 4) is 0 Å². The number of hydrogen-bond acceptors (Lipinski definition) is 1. The third-order valence-electron chi connectivity index (χ3n) is 3.97. The number of aryl methyl sites for hydroxylation is 2. The average Bonchev–Trinajstić information content (AvgIpc) is 2.71. The van der Waals surface area contributed by atoms with E-state index in [9.17, 15) is 0 Å². The van der Waals surface area contributed by atoms with Crippen molar-refractivity contribution in [1.29, 1.82) is 0 Å². The zero-order chi connectivity index (χ0) is 14.6. The SMILES string of the molecule is CCc1nn(CC)c(CC(CBr)(CBr)C(C)C)c1Cl. The molecule has 0 aliphatic carbocycles. The molecule has 0 saturated heterocycles. The Morgan fingerprint density at radius 1 is 1.26 bits per heavy atom. The molecule has 0 bridgehead atoms. The molecule has 1 aromatic rings. The highest BCUT2D eigenvalue weighted by molar-refractivity contribution is 9.09. The van der Waals surface area contributed by atoms with Gasteiger partial charge in [-0.3, -0.25) is 4.68 Å². The second-order valence-electron chi connectivity index (χ2n) is 5.34. The molecule has 0 saturated carbocycles. The topological polar surface area (TPSA) is 17.8 Å². The maximum Gasteiger partial charge on any atom is 0.0850 e. The van der Waals surface area contributed by atoms with Gasteiger partial charge < -0.3 is 0 Å². The molecule has 0 spiro atoms. The molecule has 0 amide bonds. The van der Waals surface area contributed by atoms with Crippen LogP contribution < -0.4 is 0 Å². The fourth-order valence-corrected chi connectivity index (χ4v) is 5.12. The first kappa shape index (κ1) is 17.5. The summed E-state index contributed by atoms with van der Waals surface area (Å²) in [6, 6.07) is 0. The van der Waals surface area contributed by atoms with Gasteiger partial charge in [0.2, 0.25) is 0 Å². The van der Waals surface area contributed by atoms with Crippen LogP contribution in [0.4, 0.5) is 0 Å². The summed E-state index contributed by atoms with van der Waals surface area (Å²) >= 11 is 13.9. The summed E-state index contributed by atoms with van der Waals surface area (Å²) in [6.07, 6.45) is 1.83. The molecule has 1 heterocycles. The molecule has 110 valence electrons. The van der Waals surface area contributed by atoms with Gasteiger partial charge in [0.15, 0.2) is 0 Å². The molecule has 0 aromatic carbocycles. The molecular weight excluding hydrogens is 391 g/mol. The van der Waals surface area contributed by atoms with Crippen LogP contribution >= 0.6 is 43.5 Å². The van der Waals surface area contributed by atoms with E-state index >= 15 is 0 Å². The zero-order valence-electron chi connectivity index (χ0n) is 12.1. The Kier molecular flexibility index (Phi) is 6.88. The Labute approximate surface area is 138 Å². The monoisotopic (exact) mass is 412 g/mol. The predicted octanol–water partition coefficient (Wildman–Crippen LogP) is 5.09. The van der Waals surface area contributed by atoms with Gasteiger partial charge in [-0.05, 0) is 31.1 Å². The van der Waals surface area contributed by atoms with Gasteiger partial charge in [0.1, 0.15) is 0 Å². The van der Waals surface area contributed by atoms with Crippen LogP contribution in [-0.2, 0) is 19.4 Å². The van der Waals surface area contributed by atoms with Crippen LogP contribution in [0.1, 0.15) is 39.1 Å². The molecule has 0 aliphatic rings. The normalized spacial score (nSPS) is 12.4. The largest absolute Gasteiger partial charge is 0.268 e. The maximum absolute atomic E-state index is 6.52. The van der Waals surface area contributed by atoms with Gasteiger partial charge in [0, 0.05) is 17.2 Å². The summed E-state index contributed by atoms with van der Waals surface area (Å²) in [5.41, 5.74) is 2.36. The molecular formula is C14H23Br2ClN2. The highest BCUT2D eigenvalue weighted by Crippen LogP contribution is 2.38. The fourth-order valence-electron chi connectivity index (χ4n) is 2.16. The van der Waals surface area contributed by atoms with Gasteiger partial charge >= 0.3 is 0 Å². The van der Waals surface area contributed by atoms with Crippen molar-refractivity contribution in [2.75, 3.05) is 10.7 Å². The van der Waals surface area contributed by atoms with E-state index < -0.39 is 0 Å². The molecule has 0 unspecified atom stereocenters. The zero-order valence-corrected chi connectivity index (χ0v) is 16.1. The highest BCUT2D eigenvalue weighted by atomic mass is 79.9. The minimum Gasteiger partial charge on any atom is -0.268 e. The molecule has 5 heteroatoms. The first-order valence-electron chi connectivity index (χ1n) is 6.81. The lowest BCUT2D eigenvalue weighted by atomic mass is 9.77. The number of halogens is 3. The Hall–Kier alpha value is 0.460. The first-order valence-corrected chi connectivity index (χ1v) is 9.43. The molecule has 0 aliphatic heterocycles. The van der Waals surface area contributed by atoms with E-state index in [-0.39, 0.29) is 5.41 Å². The van der Waals surface area contributed by atoms with E-state index in [0.717, 1.165) is 40.8 Å². The summed E-state index contributed by atoms with van der Waals surface area (Å²) in [5.74, 6) is 0.563. The Balaban J connectivity index is 3.19. The van der Waals surface area contributed by atoms with Crippen LogP contribution in [0.25, 0.3) is 0 Å². The molecule has 0 atom stereocenters. The smallest absolute Gasteiger partial charge is 0.0850 e. The summed E-state index contributed by atoms with van der Waals surface area (Å²) in [7, 11) is 0. The van der Waals surface area contributed by atoms with Crippen LogP contribution in [-0.4, -0.2) is 20.4 Å². The third-order valence-corrected chi connectivity index (χ3v) is 6.64. The van der Waals surface area contributed by atoms with E-state index in [1.807, 2.05) is 0 Å². The van der Waals surface area contributed by atoms with Gasteiger partial charge in [-0.15, -0.1) is 0 Å². The van der Waals surface area contributed by atoms with Crippen molar-refractivity contribution in [3.05, 3.63) is 16.4 Å². The van der Waals surface area contributed by atoms with Crippen molar-refractivity contribution in [3.63, 3.8) is 0 Å². The lowest BCUT2D eigenvalue weighted by molar-refractivity contribution is 0.261. The predicted molar refractivity (Wildman–Crippen MR) is 90.9 cm³/mol. The number of nitrogens with zero attached hydrogens (tertiary/aromatic N) is 2. The van der Waals surface area contributed by atoms with E-state index in [2.05, 4.69) is 69.3 Å². The minimum absolute atomic E-state index is 0.168. The summed E-state index contributed by atoms with van der Waals surface area (Å²) in [4.78, 5) is 0. The van der Waals surface area contributed by atoms with Gasteiger partial charge in [0.05, 0.1) is 16.4 Å². The number of rotatable bonds is 7. The van der Waals surface area contributed by atoms with E-state index in [1.54, 1.807) is 0 Å².